The van der Waals surface area contributed by atoms with Crippen LogP contribution in [0.25, 0.3) is 11.4 Å². The molecule has 0 saturated carbocycles. The third-order valence-electron chi connectivity index (χ3n) is 4.08. The number of carbonyl (C=O) groups excluding carboxylic acids is 1. The number of rotatable bonds is 7. The molecular formula is C19H21N5O3. The van der Waals surface area contributed by atoms with E-state index in [4.69, 9.17) is 10.5 Å². The molecular weight excluding hydrogens is 346 g/mol. The van der Waals surface area contributed by atoms with Crippen LogP contribution in [0.4, 0.5) is 0 Å². The normalized spacial score (nSPS) is 12.0. The number of nitrogens with zero attached hydrogens (tertiary/aromatic N) is 4. The van der Waals surface area contributed by atoms with Crippen molar-refractivity contribution in [1.29, 1.82) is 0 Å². The van der Waals surface area contributed by atoms with Gasteiger partial charge in [-0.1, -0.05) is 30.3 Å². The molecule has 0 bridgehead atoms. The predicted octanol–water partition coefficient (Wildman–Crippen LogP) is 1.50. The number of carbonyl (C=O) groups is 1. The maximum atomic E-state index is 11.1. The van der Waals surface area contributed by atoms with Crippen molar-refractivity contribution in [1.82, 2.24) is 20.2 Å². The molecule has 1 aromatic heterocycles. The van der Waals surface area contributed by atoms with Crippen LogP contribution in [0.15, 0.2) is 42.5 Å². The molecule has 0 spiro atoms. The highest BCUT2D eigenvalue weighted by molar-refractivity contribution is 5.93. The first kappa shape index (κ1) is 18.5. The highest BCUT2D eigenvalue weighted by Crippen LogP contribution is 2.22. The number of aliphatic hydroxyl groups excluding tert-OH is 1. The summed E-state index contributed by atoms with van der Waals surface area (Å²) < 4.78 is 5.75. The second kappa shape index (κ2) is 7.96. The SMILES string of the molecule is Cc1cccc(C)c1OCC(O)Cn1nnc(-c2ccc(C(N)=O)cc2)n1. The van der Waals surface area contributed by atoms with Crippen LogP contribution in [0, 0.1) is 13.8 Å². The van der Waals surface area contributed by atoms with Gasteiger partial charge in [0.25, 0.3) is 0 Å². The minimum absolute atomic E-state index is 0.121. The number of amides is 1. The minimum Gasteiger partial charge on any atom is -0.490 e. The molecule has 2 aromatic carbocycles. The van der Waals surface area contributed by atoms with E-state index >= 15 is 0 Å². The quantitative estimate of drug-likeness (QED) is 0.654. The van der Waals surface area contributed by atoms with Crippen LogP contribution in [-0.2, 0) is 6.54 Å². The van der Waals surface area contributed by atoms with Crippen LogP contribution in [0.5, 0.6) is 5.75 Å². The number of hydrogen-bond acceptors (Lipinski definition) is 6. The van der Waals surface area contributed by atoms with Crippen molar-refractivity contribution < 1.29 is 14.6 Å². The van der Waals surface area contributed by atoms with Gasteiger partial charge in [-0.25, -0.2) is 0 Å². The Morgan fingerprint density at radius 2 is 1.85 bits per heavy atom. The van der Waals surface area contributed by atoms with Gasteiger partial charge in [0.2, 0.25) is 11.7 Å². The molecule has 0 aliphatic heterocycles. The highest BCUT2D eigenvalue weighted by Gasteiger charge is 2.13. The summed E-state index contributed by atoms with van der Waals surface area (Å²) in [6.45, 7) is 4.19. The van der Waals surface area contributed by atoms with Crippen molar-refractivity contribution in [2.75, 3.05) is 6.61 Å². The number of primary amides is 1. The molecule has 1 atom stereocenters. The lowest BCUT2D eigenvalue weighted by Crippen LogP contribution is -2.25. The fourth-order valence-corrected chi connectivity index (χ4v) is 2.67. The van der Waals surface area contributed by atoms with Gasteiger partial charge in [-0.3, -0.25) is 4.79 Å². The molecule has 0 radical (unpaired) electrons. The lowest BCUT2D eigenvalue weighted by atomic mass is 10.1. The second-order valence-corrected chi connectivity index (χ2v) is 6.30. The summed E-state index contributed by atoms with van der Waals surface area (Å²) in [4.78, 5) is 12.4. The molecule has 0 fully saturated rings. The zero-order valence-electron chi connectivity index (χ0n) is 15.2. The Hall–Kier alpha value is -3.26. The average Bonchev–Trinajstić information content (AvgIpc) is 3.09. The monoisotopic (exact) mass is 367 g/mol. The van der Waals surface area contributed by atoms with Crippen molar-refractivity contribution in [3.8, 4) is 17.1 Å². The summed E-state index contributed by atoms with van der Waals surface area (Å²) >= 11 is 0. The minimum atomic E-state index is -0.789. The molecule has 1 unspecified atom stereocenters. The Kier molecular flexibility index (Phi) is 5.46. The topological polar surface area (TPSA) is 116 Å². The third kappa shape index (κ3) is 4.48. The van der Waals surface area contributed by atoms with Crippen molar-refractivity contribution in [2.24, 2.45) is 5.73 Å². The average molecular weight is 367 g/mol. The Labute approximate surface area is 156 Å². The summed E-state index contributed by atoms with van der Waals surface area (Å²) in [6, 6.07) is 12.5. The number of ether oxygens (including phenoxy) is 1. The van der Waals surface area contributed by atoms with Crippen LogP contribution >= 0.6 is 0 Å². The molecule has 0 saturated heterocycles. The van der Waals surface area contributed by atoms with E-state index in [9.17, 15) is 9.90 Å². The molecule has 1 amide bonds. The molecule has 8 nitrogen and oxygen atoms in total. The molecule has 3 rings (SSSR count). The van der Waals surface area contributed by atoms with E-state index in [1.165, 1.54) is 4.80 Å². The molecule has 27 heavy (non-hydrogen) atoms. The first-order chi connectivity index (χ1) is 12.9. The fraction of sp³-hybridized carbons (Fsp3) is 0.263. The van der Waals surface area contributed by atoms with Crippen molar-refractivity contribution in [3.05, 3.63) is 59.2 Å². The van der Waals surface area contributed by atoms with E-state index < -0.39 is 12.0 Å². The van der Waals surface area contributed by atoms with Gasteiger partial charge in [0.15, 0.2) is 0 Å². The van der Waals surface area contributed by atoms with E-state index in [1.807, 2.05) is 32.0 Å². The van der Waals surface area contributed by atoms with Crippen molar-refractivity contribution in [3.63, 3.8) is 0 Å². The molecule has 8 heteroatoms. The smallest absolute Gasteiger partial charge is 0.248 e. The number of hydrogen-bond donors (Lipinski definition) is 2. The predicted molar refractivity (Wildman–Crippen MR) is 99.2 cm³/mol. The Balaban J connectivity index is 1.61. The van der Waals surface area contributed by atoms with Gasteiger partial charge in [0.05, 0.1) is 6.54 Å². The Morgan fingerprint density at radius 3 is 2.48 bits per heavy atom. The zero-order chi connectivity index (χ0) is 19.4. The van der Waals surface area contributed by atoms with E-state index in [0.717, 1.165) is 16.9 Å². The largest absolute Gasteiger partial charge is 0.490 e. The zero-order valence-corrected chi connectivity index (χ0v) is 15.2. The van der Waals surface area contributed by atoms with Gasteiger partial charge in [0, 0.05) is 11.1 Å². The maximum absolute atomic E-state index is 11.1. The molecule has 1 heterocycles. The maximum Gasteiger partial charge on any atom is 0.248 e. The van der Waals surface area contributed by atoms with E-state index in [1.54, 1.807) is 24.3 Å². The number of nitrogens with two attached hydrogens (primary N) is 1. The van der Waals surface area contributed by atoms with E-state index in [2.05, 4.69) is 15.4 Å². The standard InChI is InChI=1S/C19H21N5O3/c1-12-4-3-5-13(2)17(12)27-11-16(25)10-24-22-19(21-23-24)15-8-6-14(7-9-15)18(20)26/h3-9,16,25H,10-11H2,1-2H3,(H2,20,26). The summed E-state index contributed by atoms with van der Waals surface area (Å²) in [6.07, 6.45) is -0.789. The summed E-state index contributed by atoms with van der Waals surface area (Å²) in [5.74, 6) is 0.678. The number of tetrazole rings is 1. The fourth-order valence-electron chi connectivity index (χ4n) is 2.67. The molecule has 140 valence electrons. The van der Waals surface area contributed by atoms with Crippen LogP contribution in [0.1, 0.15) is 21.5 Å². The number of benzene rings is 2. The van der Waals surface area contributed by atoms with Gasteiger partial charge >= 0.3 is 0 Å². The number of aromatic nitrogens is 4. The van der Waals surface area contributed by atoms with Crippen LogP contribution < -0.4 is 10.5 Å². The molecule has 0 aliphatic rings. The summed E-state index contributed by atoms with van der Waals surface area (Å²) in [7, 11) is 0. The van der Waals surface area contributed by atoms with Gasteiger partial charge in [-0.15, -0.1) is 10.2 Å². The van der Waals surface area contributed by atoms with Gasteiger partial charge in [-0.2, -0.15) is 4.80 Å². The lowest BCUT2D eigenvalue weighted by molar-refractivity contribution is 0.0844. The first-order valence-electron chi connectivity index (χ1n) is 8.49. The van der Waals surface area contributed by atoms with Crippen LogP contribution in [0.2, 0.25) is 0 Å². The Bertz CT molecular complexity index is 917. The number of para-hydroxylation sites is 1. The molecule has 0 aliphatic carbocycles. The molecule has 3 aromatic rings. The van der Waals surface area contributed by atoms with Crippen molar-refractivity contribution in [2.45, 2.75) is 26.5 Å². The second-order valence-electron chi connectivity index (χ2n) is 6.30. The number of aliphatic hydroxyl groups is 1. The van der Waals surface area contributed by atoms with E-state index in [0.29, 0.717) is 17.0 Å². The van der Waals surface area contributed by atoms with Gasteiger partial charge in [0.1, 0.15) is 18.5 Å². The summed E-state index contributed by atoms with van der Waals surface area (Å²) in [5.41, 5.74) is 8.37. The highest BCUT2D eigenvalue weighted by atomic mass is 16.5. The van der Waals surface area contributed by atoms with Gasteiger partial charge in [-0.05, 0) is 42.3 Å². The van der Waals surface area contributed by atoms with Crippen LogP contribution in [-0.4, -0.2) is 43.9 Å². The number of aryl methyl sites for hydroxylation is 2. The Morgan fingerprint density at radius 1 is 1.19 bits per heavy atom. The molecule has 3 N–H and O–H groups in total. The van der Waals surface area contributed by atoms with Gasteiger partial charge < -0.3 is 15.6 Å². The summed E-state index contributed by atoms with van der Waals surface area (Å²) in [5, 5.41) is 22.4. The van der Waals surface area contributed by atoms with Crippen molar-refractivity contribution >= 4 is 5.91 Å². The first-order valence-corrected chi connectivity index (χ1v) is 8.49. The van der Waals surface area contributed by atoms with Crippen LogP contribution in [0.3, 0.4) is 0 Å². The lowest BCUT2D eigenvalue weighted by Gasteiger charge is -2.15. The van der Waals surface area contributed by atoms with E-state index in [-0.39, 0.29) is 13.2 Å². The third-order valence-corrected chi connectivity index (χ3v) is 4.08.